The lowest BCUT2D eigenvalue weighted by Gasteiger charge is -2.39. The van der Waals surface area contributed by atoms with Crippen LogP contribution in [-0.4, -0.2) is 39.3 Å². The first kappa shape index (κ1) is 19.2. The van der Waals surface area contributed by atoms with Crippen molar-refractivity contribution in [1.82, 2.24) is 10.0 Å². The maximum absolute atomic E-state index is 13.2. The molecule has 1 heterocycles. The van der Waals surface area contributed by atoms with Crippen LogP contribution in [0, 0.1) is 5.82 Å². The van der Waals surface area contributed by atoms with E-state index in [1.807, 2.05) is 0 Å². The smallest absolute Gasteiger partial charge is 0.267 e. The van der Waals surface area contributed by atoms with Crippen LogP contribution in [0.15, 0.2) is 54.6 Å². The maximum Gasteiger partial charge on any atom is 0.358 e. The average Bonchev–Trinajstić information content (AvgIpc) is 2.86. The van der Waals surface area contributed by atoms with Crippen molar-refractivity contribution in [3.63, 3.8) is 0 Å². The Balaban J connectivity index is 2.04. The van der Waals surface area contributed by atoms with E-state index in [0.29, 0.717) is 9.91 Å². The molecule has 0 bridgehead atoms. The highest BCUT2D eigenvalue weighted by Crippen LogP contribution is 2.28. The normalized spacial score (nSPS) is 14.6. The van der Waals surface area contributed by atoms with Crippen LogP contribution in [0.5, 0.6) is 0 Å². The summed E-state index contributed by atoms with van der Waals surface area (Å²) in [5.74, 6) is -3.44. The molecule has 1 aliphatic heterocycles. The van der Waals surface area contributed by atoms with E-state index in [1.165, 1.54) is 12.1 Å². The van der Waals surface area contributed by atoms with E-state index in [-0.39, 0.29) is 11.3 Å². The van der Waals surface area contributed by atoms with Crippen molar-refractivity contribution < 1.29 is 23.6 Å². The van der Waals surface area contributed by atoms with E-state index >= 15 is 0 Å². The predicted molar refractivity (Wildman–Crippen MR) is 98.5 cm³/mol. The molecule has 28 heavy (non-hydrogen) atoms. The number of anilines is 1. The third kappa shape index (κ3) is 3.24. The Morgan fingerprint density at radius 2 is 1.46 bits per heavy atom. The number of halogens is 1. The largest absolute Gasteiger partial charge is 0.358 e. The van der Waals surface area contributed by atoms with Crippen LogP contribution in [0.3, 0.4) is 0 Å². The van der Waals surface area contributed by atoms with Crippen LogP contribution in [0.2, 0.25) is 0 Å². The van der Waals surface area contributed by atoms with Gasteiger partial charge >= 0.3 is 17.8 Å². The fraction of sp³-hybridized carbons (Fsp3) is 0.200. The first-order valence-corrected chi connectivity index (χ1v) is 8.50. The fourth-order valence-electron chi connectivity index (χ4n) is 2.85. The van der Waals surface area contributed by atoms with Gasteiger partial charge in [-0.15, -0.1) is 0 Å². The Bertz CT molecular complexity index is 952. The van der Waals surface area contributed by atoms with Crippen LogP contribution < -0.4 is 4.90 Å². The number of hydrazine groups is 1. The molecule has 0 saturated carbocycles. The third-order valence-corrected chi connectivity index (χ3v) is 4.08. The van der Waals surface area contributed by atoms with Crippen LogP contribution in [-0.2, 0) is 9.59 Å². The van der Waals surface area contributed by atoms with Gasteiger partial charge in [0.1, 0.15) is 5.82 Å². The number of benzene rings is 2. The molecule has 0 spiro atoms. The third-order valence-electron chi connectivity index (χ3n) is 4.08. The minimum Gasteiger partial charge on any atom is -0.267 e. The predicted octanol–water partition coefficient (Wildman–Crippen LogP) is 2.98. The summed E-state index contributed by atoms with van der Waals surface area (Å²) in [6.07, 6.45) is 0. The molecule has 0 radical (unpaired) electrons. The number of hydrogen-bond donors (Lipinski definition) is 0. The highest BCUT2D eigenvalue weighted by Gasteiger charge is 2.52. The molecular weight excluding hydrogens is 365 g/mol. The summed E-state index contributed by atoms with van der Waals surface area (Å²) in [5, 5.41) is 1.51. The minimum atomic E-state index is -1.16. The van der Waals surface area contributed by atoms with Gasteiger partial charge in [0, 0.05) is 5.56 Å². The lowest BCUT2D eigenvalue weighted by atomic mass is 10.1. The van der Waals surface area contributed by atoms with Gasteiger partial charge in [0.05, 0.1) is 11.2 Å². The summed E-state index contributed by atoms with van der Waals surface area (Å²) in [5.41, 5.74) is -0.698. The standard InChI is InChI=1S/C20H18FN3O4/c1-20(2,3)24(16(25)13-7-5-4-6-8-13)23-18(27)17(26)22(19(23)28)15-11-9-14(21)10-12-15/h4-12H,1-3H3. The molecule has 0 unspecified atom stereocenters. The number of urea groups is 1. The summed E-state index contributed by atoms with van der Waals surface area (Å²) >= 11 is 0. The molecule has 0 aromatic heterocycles. The number of carbonyl (C=O) groups excluding carboxylic acids is 4. The zero-order valence-electron chi connectivity index (χ0n) is 15.5. The van der Waals surface area contributed by atoms with Gasteiger partial charge < -0.3 is 0 Å². The van der Waals surface area contributed by atoms with Crippen molar-refractivity contribution >= 4 is 29.4 Å². The molecule has 8 heteroatoms. The van der Waals surface area contributed by atoms with Gasteiger partial charge in [0.15, 0.2) is 0 Å². The van der Waals surface area contributed by atoms with E-state index in [9.17, 15) is 23.6 Å². The van der Waals surface area contributed by atoms with Gasteiger partial charge in [0.25, 0.3) is 5.91 Å². The number of amides is 5. The van der Waals surface area contributed by atoms with Crippen LogP contribution in [0.4, 0.5) is 14.9 Å². The lowest BCUT2D eigenvalue weighted by molar-refractivity contribution is -0.148. The molecule has 2 aromatic carbocycles. The first-order chi connectivity index (χ1) is 13.1. The molecule has 2 aromatic rings. The Morgan fingerprint density at radius 3 is 2.00 bits per heavy atom. The highest BCUT2D eigenvalue weighted by molar-refractivity contribution is 6.52. The highest BCUT2D eigenvalue weighted by atomic mass is 19.1. The van der Waals surface area contributed by atoms with E-state index in [0.717, 1.165) is 17.1 Å². The van der Waals surface area contributed by atoms with Crippen molar-refractivity contribution in [3.05, 3.63) is 66.0 Å². The molecule has 144 valence electrons. The fourth-order valence-corrected chi connectivity index (χ4v) is 2.85. The molecule has 7 nitrogen and oxygen atoms in total. The Kier molecular flexibility index (Phi) is 4.72. The molecule has 5 amide bonds. The lowest BCUT2D eigenvalue weighted by Crippen LogP contribution is -2.58. The van der Waals surface area contributed by atoms with Crippen LogP contribution in [0.25, 0.3) is 0 Å². The maximum atomic E-state index is 13.2. The molecule has 0 N–H and O–H groups in total. The van der Waals surface area contributed by atoms with E-state index in [4.69, 9.17) is 0 Å². The molecule has 0 atom stereocenters. The number of carbonyl (C=O) groups is 4. The zero-order valence-corrected chi connectivity index (χ0v) is 15.5. The summed E-state index contributed by atoms with van der Waals surface area (Å²) < 4.78 is 13.2. The van der Waals surface area contributed by atoms with Crippen LogP contribution >= 0.6 is 0 Å². The number of nitrogens with zero attached hydrogens (tertiary/aromatic N) is 3. The van der Waals surface area contributed by atoms with Crippen LogP contribution in [0.1, 0.15) is 31.1 Å². The first-order valence-electron chi connectivity index (χ1n) is 8.50. The van der Waals surface area contributed by atoms with Crippen molar-refractivity contribution in [1.29, 1.82) is 0 Å². The SMILES string of the molecule is CC(C)(C)N(C(=O)c1ccccc1)N1C(=O)C(=O)N(c2ccc(F)cc2)C1=O. The Morgan fingerprint density at radius 1 is 0.893 bits per heavy atom. The summed E-state index contributed by atoms with van der Waals surface area (Å²) in [6, 6.07) is 11.7. The monoisotopic (exact) mass is 383 g/mol. The summed E-state index contributed by atoms with van der Waals surface area (Å²) in [4.78, 5) is 51.8. The topological polar surface area (TPSA) is 78.0 Å². The van der Waals surface area contributed by atoms with Crippen molar-refractivity contribution in [3.8, 4) is 0 Å². The van der Waals surface area contributed by atoms with Gasteiger partial charge in [-0.05, 0) is 57.2 Å². The van der Waals surface area contributed by atoms with Gasteiger partial charge in [0.2, 0.25) is 0 Å². The van der Waals surface area contributed by atoms with Crippen molar-refractivity contribution in [2.75, 3.05) is 4.90 Å². The van der Waals surface area contributed by atoms with Gasteiger partial charge in [-0.1, -0.05) is 18.2 Å². The summed E-state index contributed by atoms with van der Waals surface area (Å²) in [6.45, 7) is 4.91. The van der Waals surface area contributed by atoms with Crippen molar-refractivity contribution in [2.45, 2.75) is 26.3 Å². The molecular formula is C20H18FN3O4. The number of hydrogen-bond acceptors (Lipinski definition) is 4. The summed E-state index contributed by atoms with van der Waals surface area (Å²) in [7, 11) is 0. The molecule has 0 aliphatic carbocycles. The minimum absolute atomic E-state index is 0.0354. The Hall–Kier alpha value is -3.55. The second kappa shape index (κ2) is 6.88. The zero-order chi connectivity index (χ0) is 20.6. The van der Waals surface area contributed by atoms with Gasteiger partial charge in [-0.2, -0.15) is 5.01 Å². The second-order valence-electron chi connectivity index (χ2n) is 7.17. The number of imide groups is 2. The molecule has 1 fully saturated rings. The van der Waals surface area contributed by atoms with E-state index in [1.54, 1.807) is 51.1 Å². The van der Waals surface area contributed by atoms with Crippen molar-refractivity contribution in [2.24, 2.45) is 0 Å². The molecule has 1 saturated heterocycles. The van der Waals surface area contributed by atoms with Gasteiger partial charge in [-0.25, -0.2) is 19.1 Å². The number of rotatable bonds is 3. The quantitative estimate of drug-likeness (QED) is 0.603. The molecule has 1 aliphatic rings. The Labute approximate surface area is 160 Å². The van der Waals surface area contributed by atoms with E-state index < -0.39 is 35.1 Å². The average molecular weight is 383 g/mol. The molecule has 3 rings (SSSR count). The second-order valence-corrected chi connectivity index (χ2v) is 7.17. The van der Waals surface area contributed by atoms with E-state index in [2.05, 4.69) is 0 Å². The van der Waals surface area contributed by atoms with Gasteiger partial charge in [-0.3, -0.25) is 14.4 Å².